The number of para-hydroxylation sites is 2. The third kappa shape index (κ3) is 3.83. The first kappa shape index (κ1) is 14.1. The van der Waals surface area contributed by atoms with Crippen LogP contribution in [0, 0.1) is 0 Å². The van der Waals surface area contributed by atoms with Crippen molar-refractivity contribution in [2.24, 2.45) is 4.99 Å². The summed E-state index contributed by atoms with van der Waals surface area (Å²) < 4.78 is 5.90. The Balaban J connectivity index is 1.74. The molecular weight excluding hydrogens is 270 g/mol. The normalized spacial score (nSPS) is 10.7. The Morgan fingerprint density at radius 2 is 1.36 bits per heavy atom. The molecule has 0 aliphatic carbocycles. The standard InChI is InChI=1S/C20H17NO/c1-3-9-17(10-4-1)15-21-19-13-7-8-14-20(19)22-16-18-11-5-2-6-12-18/h1-15H,16H2. The molecule has 0 atom stereocenters. The molecule has 0 aliphatic heterocycles. The second-order valence-corrected chi connectivity index (χ2v) is 4.91. The molecule has 108 valence electrons. The molecule has 2 nitrogen and oxygen atoms in total. The first-order valence-electron chi connectivity index (χ1n) is 7.27. The van der Waals surface area contributed by atoms with E-state index in [1.165, 1.54) is 0 Å². The molecule has 0 aromatic heterocycles. The molecule has 0 bridgehead atoms. The van der Waals surface area contributed by atoms with E-state index in [0.717, 1.165) is 22.6 Å². The summed E-state index contributed by atoms with van der Waals surface area (Å²) in [6, 6.07) is 28.0. The van der Waals surface area contributed by atoms with Gasteiger partial charge in [0.1, 0.15) is 18.0 Å². The highest BCUT2D eigenvalue weighted by Crippen LogP contribution is 2.27. The molecule has 3 rings (SSSR count). The smallest absolute Gasteiger partial charge is 0.145 e. The number of hydrogen-bond acceptors (Lipinski definition) is 2. The molecule has 0 aliphatic rings. The predicted octanol–water partition coefficient (Wildman–Crippen LogP) is 5.02. The van der Waals surface area contributed by atoms with Crippen molar-refractivity contribution >= 4 is 11.9 Å². The van der Waals surface area contributed by atoms with Crippen molar-refractivity contribution in [3.63, 3.8) is 0 Å². The molecule has 2 heteroatoms. The highest BCUT2D eigenvalue weighted by Gasteiger charge is 2.01. The highest BCUT2D eigenvalue weighted by molar-refractivity contribution is 5.82. The topological polar surface area (TPSA) is 21.6 Å². The van der Waals surface area contributed by atoms with Gasteiger partial charge in [-0.15, -0.1) is 0 Å². The van der Waals surface area contributed by atoms with Gasteiger partial charge in [-0.05, 0) is 23.3 Å². The molecule has 0 unspecified atom stereocenters. The Hall–Kier alpha value is -2.87. The van der Waals surface area contributed by atoms with Crippen LogP contribution in [0.3, 0.4) is 0 Å². The van der Waals surface area contributed by atoms with Gasteiger partial charge < -0.3 is 4.74 Å². The molecule has 0 saturated heterocycles. The zero-order chi connectivity index (χ0) is 15.0. The van der Waals surface area contributed by atoms with Gasteiger partial charge in [-0.25, -0.2) is 0 Å². The number of rotatable bonds is 5. The number of nitrogens with zero attached hydrogens (tertiary/aromatic N) is 1. The third-order valence-electron chi connectivity index (χ3n) is 3.25. The molecule has 3 aromatic rings. The Labute approximate surface area is 130 Å². The lowest BCUT2D eigenvalue weighted by atomic mass is 10.2. The van der Waals surface area contributed by atoms with Crippen molar-refractivity contribution in [2.45, 2.75) is 6.61 Å². The predicted molar refractivity (Wildman–Crippen MR) is 90.9 cm³/mol. The minimum absolute atomic E-state index is 0.540. The van der Waals surface area contributed by atoms with E-state index in [2.05, 4.69) is 17.1 Å². The van der Waals surface area contributed by atoms with E-state index in [1.807, 2.05) is 79.0 Å². The van der Waals surface area contributed by atoms with E-state index in [9.17, 15) is 0 Å². The molecule has 22 heavy (non-hydrogen) atoms. The van der Waals surface area contributed by atoms with Gasteiger partial charge >= 0.3 is 0 Å². The summed E-state index contributed by atoms with van der Waals surface area (Å²) >= 11 is 0. The van der Waals surface area contributed by atoms with Crippen LogP contribution in [0.4, 0.5) is 5.69 Å². The molecular formula is C20H17NO. The van der Waals surface area contributed by atoms with Crippen molar-refractivity contribution in [3.05, 3.63) is 96.1 Å². The quantitative estimate of drug-likeness (QED) is 0.604. The SMILES string of the molecule is C(=Nc1ccccc1OCc1ccccc1)c1ccccc1. The van der Waals surface area contributed by atoms with E-state index in [-0.39, 0.29) is 0 Å². The van der Waals surface area contributed by atoms with Crippen LogP contribution in [0.2, 0.25) is 0 Å². The summed E-state index contributed by atoms with van der Waals surface area (Å²) in [5, 5.41) is 0. The van der Waals surface area contributed by atoms with Gasteiger partial charge in [0.25, 0.3) is 0 Å². The fraction of sp³-hybridized carbons (Fsp3) is 0.0500. The maximum atomic E-state index is 5.90. The van der Waals surface area contributed by atoms with E-state index in [4.69, 9.17) is 4.74 Å². The summed E-state index contributed by atoms with van der Waals surface area (Å²) in [7, 11) is 0. The maximum Gasteiger partial charge on any atom is 0.145 e. The van der Waals surface area contributed by atoms with Crippen molar-refractivity contribution < 1.29 is 4.74 Å². The minimum atomic E-state index is 0.540. The molecule has 0 radical (unpaired) electrons. The Morgan fingerprint density at radius 1 is 0.727 bits per heavy atom. The molecule has 0 N–H and O–H groups in total. The lowest BCUT2D eigenvalue weighted by molar-refractivity contribution is 0.307. The van der Waals surface area contributed by atoms with Gasteiger partial charge in [-0.3, -0.25) is 4.99 Å². The lowest BCUT2D eigenvalue weighted by Crippen LogP contribution is -1.95. The summed E-state index contributed by atoms with van der Waals surface area (Å²) in [6.45, 7) is 0.540. The average molecular weight is 287 g/mol. The van der Waals surface area contributed by atoms with Crippen LogP contribution in [-0.2, 0) is 6.61 Å². The van der Waals surface area contributed by atoms with E-state index in [1.54, 1.807) is 0 Å². The molecule has 0 spiro atoms. The number of aliphatic imine (C=N–C) groups is 1. The minimum Gasteiger partial charge on any atom is -0.487 e. The van der Waals surface area contributed by atoms with E-state index < -0.39 is 0 Å². The summed E-state index contributed by atoms with van der Waals surface area (Å²) in [5.74, 6) is 0.790. The average Bonchev–Trinajstić information content (AvgIpc) is 2.61. The van der Waals surface area contributed by atoms with Gasteiger partial charge in [-0.2, -0.15) is 0 Å². The fourth-order valence-corrected chi connectivity index (χ4v) is 2.10. The number of benzene rings is 3. The van der Waals surface area contributed by atoms with Gasteiger partial charge in [0.2, 0.25) is 0 Å². The van der Waals surface area contributed by atoms with Crippen LogP contribution in [0.25, 0.3) is 0 Å². The Morgan fingerprint density at radius 3 is 2.14 bits per heavy atom. The monoisotopic (exact) mass is 287 g/mol. The van der Waals surface area contributed by atoms with Gasteiger partial charge in [0, 0.05) is 6.21 Å². The van der Waals surface area contributed by atoms with Gasteiger partial charge in [0.15, 0.2) is 0 Å². The lowest BCUT2D eigenvalue weighted by Gasteiger charge is -2.08. The summed E-state index contributed by atoms with van der Waals surface area (Å²) in [4.78, 5) is 4.54. The molecule has 0 saturated carbocycles. The number of hydrogen-bond donors (Lipinski definition) is 0. The van der Waals surface area contributed by atoms with E-state index >= 15 is 0 Å². The largest absolute Gasteiger partial charge is 0.487 e. The molecule has 0 heterocycles. The van der Waals surface area contributed by atoms with Crippen LogP contribution in [-0.4, -0.2) is 6.21 Å². The maximum absolute atomic E-state index is 5.90. The molecule has 3 aromatic carbocycles. The van der Waals surface area contributed by atoms with Crippen LogP contribution in [0.1, 0.15) is 11.1 Å². The van der Waals surface area contributed by atoms with Crippen LogP contribution >= 0.6 is 0 Å². The van der Waals surface area contributed by atoms with Gasteiger partial charge in [0.05, 0.1) is 0 Å². The second-order valence-electron chi connectivity index (χ2n) is 4.91. The van der Waals surface area contributed by atoms with Crippen LogP contribution in [0.15, 0.2) is 89.9 Å². The van der Waals surface area contributed by atoms with Crippen molar-refractivity contribution in [1.82, 2.24) is 0 Å². The van der Waals surface area contributed by atoms with Crippen LogP contribution < -0.4 is 4.74 Å². The van der Waals surface area contributed by atoms with E-state index in [0.29, 0.717) is 6.61 Å². The van der Waals surface area contributed by atoms with Crippen molar-refractivity contribution in [1.29, 1.82) is 0 Å². The zero-order valence-electron chi connectivity index (χ0n) is 12.2. The van der Waals surface area contributed by atoms with Crippen LogP contribution in [0.5, 0.6) is 5.75 Å². The Kier molecular flexibility index (Phi) is 4.63. The first-order chi connectivity index (χ1) is 10.9. The first-order valence-corrected chi connectivity index (χ1v) is 7.27. The Bertz CT molecular complexity index is 736. The number of ether oxygens (including phenoxy) is 1. The molecule has 0 amide bonds. The fourth-order valence-electron chi connectivity index (χ4n) is 2.10. The zero-order valence-corrected chi connectivity index (χ0v) is 12.2. The summed E-state index contributed by atoms with van der Waals surface area (Å²) in [5.41, 5.74) is 3.05. The summed E-state index contributed by atoms with van der Waals surface area (Å²) in [6.07, 6.45) is 1.85. The van der Waals surface area contributed by atoms with Crippen molar-refractivity contribution in [2.75, 3.05) is 0 Å². The second kappa shape index (κ2) is 7.23. The third-order valence-corrected chi connectivity index (χ3v) is 3.25. The van der Waals surface area contributed by atoms with Gasteiger partial charge in [-0.1, -0.05) is 72.8 Å². The van der Waals surface area contributed by atoms with Crippen molar-refractivity contribution in [3.8, 4) is 5.75 Å². The highest BCUT2D eigenvalue weighted by atomic mass is 16.5. The molecule has 0 fully saturated rings.